The van der Waals surface area contributed by atoms with Crippen molar-refractivity contribution in [2.24, 2.45) is 0 Å². The normalized spacial score (nSPS) is 28.3. The van der Waals surface area contributed by atoms with Crippen LogP contribution >= 0.6 is 23.3 Å². The summed E-state index contributed by atoms with van der Waals surface area (Å²) in [6, 6.07) is 0.702. The molecule has 1 aliphatic heterocycles. The smallest absolute Gasteiger partial charge is 0.205 e. The zero-order valence-electron chi connectivity index (χ0n) is 12.1. The van der Waals surface area contributed by atoms with Gasteiger partial charge in [0.2, 0.25) is 5.13 Å². The molecule has 2 unspecified atom stereocenters. The molecule has 0 bridgehead atoms. The van der Waals surface area contributed by atoms with Crippen LogP contribution in [-0.2, 0) is 5.41 Å². The molecule has 0 radical (unpaired) electrons. The number of anilines is 1. The van der Waals surface area contributed by atoms with E-state index in [-0.39, 0.29) is 5.41 Å². The van der Waals surface area contributed by atoms with Crippen molar-refractivity contribution in [2.75, 3.05) is 17.2 Å². The fourth-order valence-corrected chi connectivity index (χ4v) is 5.36. The van der Waals surface area contributed by atoms with Gasteiger partial charge in [-0.3, -0.25) is 0 Å². The Balaban J connectivity index is 1.82. The number of rotatable bonds is 1. The van der Waals surface area contributed by atoms with E-state index in [4.69, 9.17) is 4.98 Å². The molecule has 2 atom stereocenters. The van der Waals surface area contributed by atoms with Crippen LogP contribution in [0.4, 0.5) is 5.13 Å². The van der Waals surface area contributed by atoms with Crippen molar-refractivity contribution in [2.45, 2.75) is 63.2 Å². The zero-order chi connectivity index (χ0) is 13.5. The van der Waals surface area contributed by atoms with E-state index in [9.17, 15) is 0 Å². The van der Waals surface area contributed by atoms with Crippen LogP contribution in [0.3, 0.4) is 0 Å². The minimum absolute atomic E-state index is 0.0608. The van der Waals surface area contributed by atoms with E-state index >= 15 is 0 Å². The van der Waals surface area contributed by atoms with E-state index in [0.717, 1.165) is 22.8 Å². The molecule has 0 spiro atoms. The highest BCUT2D eigenvalue weighted by Gasteiger charge is 2.35. The molecule has 1 saturated carbocycles. The lowest BCUT2D eigenvalue weighted by atomic mass is 9.93. The second-order valence-electron chi connectivity index (χ2n) is 6.61. The summed E-state index contributed by atoms with van der Waals surface area (Å²) in [5.74, 6) is 2.24. The van der Waals surface area contributed by atoms with Crippen LogP contribution in [0.25, 0.3) is 0 Å². The first-order valence-corrected chi connectivity index (χ1v) is 9.10. The average molecular weight is 297 g/mol. The third kappa shape index (κ3) is 2.77. The van der Waals surface area contributed by atoms with Gasteiger partial charge in [-0.05, 0) is 12.8 Å². The number of aromatic nitrogens is 2. The highest BCUT2D eigenvalue weighted by molar-refractivity contribution is 8.00. The first-order valence-electron chi connectivity index (χ1n) is 7.28. The Hall–Kier alpha value is -0.290. The Morgan fingerprint density at radius 3 is 2.74 bits per heavy atom. The molecule has 3 rings (SSSR count). The van der Waals surface area contributed by atoms with Gasteiger partial charge in [0.1, 0.15) is 5.82 Å². The summed E-state index contributed by atoms with van der Waals surface area (Å²) in [6.45, 7) is 7.71. The molecule has 1 aromatic heterocycles. The van der Waals surface area contributed by atoms with Crippen LogP contribution in [0, 0.1) is 0 Å². The van der Waals surface area contributed by atoms with Gasteiger partial charge in [-0.25, -0.2) is 4.98 Å². The van der Waals surface area contributed by atoms with Crippen molar-refractivity contribution in [1.29, 1.82) is 0 Å². The van der Waals surface area contributed by atoms with Crippen molar-refractivity contribution in [3.05, 3.63) is 5.82 Å². The van der Waals surface area contributed by atoms with Crippen molar-refractivity contribution >= 4 is 28.4 Å². The molecular formula is C14H23N3S2. The number of hydrogen-bond acceptors (Lipinski definition) is 5. The van der Waals surface area contributed by atoms with E-state index in [1.807, 2.05) is 0 Å². The molecule has 0 N–H and O–H groups in total. The van der Waals surface area contributed by atoms with Gasteiger partial charge in [0, 0.05) is 40.5 Å². The number of thioether (sulfide) groups is 1. The van der Waals surface area contributed by atoms with Crippen molar-refractivity contribution in [1.82, 2.24) is 9.36 Å². The molecule has 1 aliphatic carbocycles. The van der Waals surface area contributed by atoms with Crippen LogP contribution in [0.2, 0.25) is 0 Å². The summed E-state index contributed by atoms with van der Waals surface area (Å²) < 4.78 is 4.58. The van der Waals surface area contributed by atoms with E-state index in [2.05, 4.69) is 41.8 Å². The van der Waals surface area contributed by atoms with Crippen LogP contribution in [0.15, 0.2) is 0 Å². The average Bonchev–Trinajstić information content (AvgIpc) is 2.87. The van der Waals surface area contributed by atoms with E-state index in [0.29, 0.717) is 6.04 Å². The van der Waals surface area contributed by atoms with E-state index in [1.54, 1.807) is 11.5 Å². The van der Waals surface area contributed by atoms with Crippen molar-refractivity contribution in [3.63, 3.8) is 0 Å². The maximum atomic E-state index is 4.82. The molecule has 1 aromatic rings. The Morgan fingerprint density at radius 1 is 1.21 bits per heavy atom. The van der Waals surface area contributed by atoms with Crippen LogP contribution in [0.1, 0.15) is 52.3 Å². The maximum Gasteiger partial charge on any atom is 0.205 e. The monoisotopic (exact) mass is 297 g/mol. The minimum Gasteiger partial charge on any atom is -0.342 e. The van der Waals surface area contributed by atoms with E-state index in [1.165, 1.54) is 31.4 Å². The lowest BCUT2D eigenvalue weighted by molar-refractivity contribution is 0.421. The van der Waals surface area contributed by atoms with Crippen LogP contribution < -0.4 is 4.90 Å². The minimum atomic E-state index is 0.0608. The summed E-state index contributed by atoms with van der Waals surface area (Å²) in [4.78, 5) is 7.37. The fraction of sp³-hybridized carbons (Fsp3) is 0.857. The highest BCUT2D eigenvalue weighted by atomic mass is 32.2. The SMILES string of the molecule is CC(C)(C)c1nsc(N2CCSC3CCCCC32)n1. The molecule has 5 heteroatoms. The van der Waals surface area contributed by atoms with Crippen LogP contribution in [-0.4, -0.2) is 32.9 Å². The molecule has 1 saturated heterocycles. The number of hydrogen-bond donors (Lipinski definition) is 0. The number of fused-ring (bicyclic) bond motifs is 1. The first kappa shape index (κ1) is 13.7. The molecule has 19 heavy (non-hydrogen) atoms. The Labute approximate surface area is 124 Å². The summed E-state index contributed by atoms with van der Waals surface area (Å²) in [5.41, 5.74) is 0.0608. The molecule has 2 fully saturated rings. The van der Waals surface area contributed by atoms with Crippen molar-refractivity contribution in [3.8, 4) is 0 Å². The second-order valence-corrected chi connectivity index (χ2v) is 8.68. The lowest BCUT2D eigenvalue weighted by Crippen LogP contribution is -2.49. The topological polar surface area (TPSA) is 29.0 Å². The molecule has 106 valence electrons. The predicted octanol–water partition coefficient (Wildman–Crippen LogP) is 3.70. The Kier molecular flexibility index (Phi) is 3.78. The van der Waals surface area contributed by atoms with E-state index < -0.39 is 0 Å². The van der Waals surface area contributed by atoms with Gasteiger partial charge in [0.05, 0.1) is 0 Å². The first-order chi connectivity index (χ1) is 9.05. The molecule has 2 heterocycles. The Morgan fingerprint density at radius 2 is 2.00 bits per heavy atom. The highest BCUT2D eigenvalue weighted by Crippen LogP contribution is 2.38. The lowest BCUT2D eigenvalue weighted by Gasteiger charge is -2.43. The number of nitrogens with zero attached hydrogens (tertiary/aromatic N) is 3. The second kappa shape index (κ2) is 5.24. The molecule has 0 aromatic carbocycles. The Bertz CT molecular complexity index is 436. The largest absolute Gasteiger partial charge is 0.342 e. The van der Waals surface area contributed by atoms with Gasteiger partial charge in [0.15, 0.2) is 0 Å². The van der Waals surface area contributed by atoms with Gasteiger partial charge >= 0.3 is 0 Å². The maximum absolute atomic E-state index is 4.82. The summed E-state index contributed by atoms with van der Waals surface area (Å²) in [6.07, 6.45) is 5.51. The third-order valence-electron chi connectivity index (χ3n) is 4.06. The predicted molar refractivity (Wildman–Crippen MR) is 84.5 cm³/mol. The molecule has 0 amide bonds. The molecule has 2 aliphatic rings. The summed E-state index contributed by atoms with van der Waals surface area (Å²) in [7, 11) is 0. The standard InChI is InChI=1S/C14H23N3S2/c1-14(2,3)12-15-13(19-16-12)17-8-9-18-11-7-5-4-6-10(11)17/h10-11H,4-9H2,1-3H3. The zero-order valence-corrected chi connectivity index (χ0v) is 13.7. The van der Waals surface area contributed by atoms with Crippen molar-refractivity contribution < 1.29 is 0 Å². The molecular weight excluding hydrogens is 274 g/mol. The summed E-state index contributed by atoms with van der Waals surface area (Å²) in [5, 5.41) is 1.98. The summed E-state index contributed by atoms with van der Waals surface area (Å²) >= 11 is 3.77. The fourth-order valence-electron chi connectivity index (χ4n) is 2.97. The molecule has 3 nitrogen and oxygen atoms in total. The van der Waals surface area contributed by atoms with Gasteiger partial charge in [0.25, 0.3) is 0 Å². The third-order valence-corrected chi connectivity index (χ3v) is 6.21. The van der Waals surface area contributed by atoms with Gasteiger partial charge < -0.3 is 4.90 Å². The van der Waals surface area contributed by atoms with Gasteiger partial charge in [-0.15, -0.1) is 0 Å². The van der Waals surface area contributed by atoms with Gasteiger partial charge in [-0.2, -0.15) is 16.1 Å². The van der Waals surface area contributed by atoms with Crippen LogP contribution in [0.5, 0.6) is 0 Å². The van der Waals surface area contributed by atoms with Gasteiger partial charge in [-0.1, -0.05) is 33.6 Å². The quantitative estimate of drug-likeness (QED) is 0.790.